The Balaban J connectivity index is 1.74. The molecule has 0 fully saturated rings. The molecule has 1 aromatic carbocycles. The van der Waals surface area contributed by atoms with Gasteiger partial charge in [-0.15, -0.1) is 0 Å². The van der Waals surface area contributed by atoms with Gasteiger partial charge in [-0.2, -0.15) is 0 Å². The van der Waals surface area contributed by atoms with E-state index in [1.165, 1.54) is 13.3 Å². The predicted molar refractivity (Wildman–Crippen MR) is 73.3 cm³/mol. The van der Waals surface area contributed by atoms with Crippen LogP contribution in [0.1, 0.15) is 16.2 Å². The van der Waals surface area contributed by atoms with Crippen LogP contribution in [0.3, 0.4) is 0 Å². The summed E-state index contributed by atoms with van der Waals surface area (Å²) in [5.41, 5.74) is 0.947. The number of hydrogen-bond acceptors (Lipinski definition) is 7. The second kappa shape index (κ2) is 5.66. The number of carbonyl (C=O) groups excluding carboxylic acids is 1. The lowest BCUT2D eigenvalue weighted by Gasteiger charge is -2.08. The van der Waals surface area contributed by atoms with Crippen molar-refractivity contribution in [3.05, 3.63) is 41.9 Å². The smallest absolute Gasteiger partial charge is 0.376 e. The molecule has 0 saturated carbocycles. The number of ether oxygens (including phenoxy) is 3. The van der Waals surface area contributed by atoms with Crippen LogP contribution < -0.4 is 14.8 Å². The summed E-state index contributed by atoms with van der Waals surface area (Å²) in [6, 6.07) is 7.35. The summed E-state index contributed by atoms with van der Waals surface area (Å²) >= 11 is 0. The standard InChI is InChI=1S/C14H13N3O4/c1-19-14(18)13-15-6-5-11(17-13)16-7-9-3-2-4-10-12(9)21-8-20-10/h2-6H,7-8H2,1H3,(H,15,16,17). The molecule has 7 heteroatoms. The number of benzene rings is 1. The summed E-state index contributed by atoms with van der Waals surface area (Å²) in [5.74, 6) is 1.43. The van der Waals surface area contributed by atoms with Crippen LogP contribution in [0.15, 0.2) is 30.5 Å². The molecule has 0 bridgehead atoms. The van der Waals surface area contributed by atoms with E-state index in [0.717, 1.165) is 17.1 Å². The van der Waals surface area contributed by atoms with Gasteiger partial charge in [0.25, 0.3) is 0 Å². The summed E-state index contributed by atoms with van der Waals surface area (Å²) in [4.78, 5) is 19.3. The lowest BCUT2D eigenvalue weighted by atomic mass is 10.2. The minimum absolute atomic E-state index is 0.0142. The molecule has 2 aromatic rings. The van der Waals surface area contributed by atoms with Crippen molar-refractivity contribution in [1.29, 1.82) is 0 Å². The zero-order chi connectivity index (χ0) is 14.7. The molecule has 7 nitrogen and oxygen atoms in total. The van der Waals surface area contributed by atoms with Gasteiger partial charge in [0.1, 0.15) is 5.82 Å². The van der Waals surface area contributed by atoms with Crippen molar-refractivity contribution in [2.24, 2.45) is 0 Å². The zero-order valence-corrected chi connectivity index (χ0v) is 11.3. The van der Waals surface area contributed by atoms with Crippen molar-refractivity contribution in [2.75, 3.05) is 19.2 Å². The molecule has 0 atom stereocenters. The molecule has 0 spiro atoms. The molecule has 1 aliphatic heterocycles. The molecule has 2 heterocycles. The highest BCUT2D eigenvalue weighted by molar-refractivity contribution is 5.85. The molecule has 1 N–H and O–H groups in total. The third-order valence-electron chi connectivity index (χ3n) is 2.96. The maximum absolute atomic E-state index is 11.4. The number of esters is 1. The summed E-state index contributed by atoms with van der Waals surface area (Å²) in [5, 5.41) is 3.12. The molecule has 3 rings (SSSR count). The second-order valence-electron chi connectivity index (χ2n) is 4.26. The third-order valence-corrected chi connectivity index (χ3v) is 2.96. The summed E-state index contributed by atoms with van der Waals surface area (Å²) in [6.45, 7) is 0.719. The number of hydrogen-bond donors (Lipinski definition) is 1. The highest BCUT2D eigenvalue weighted by Gasteiger charge is 2.17. The Labute approximate surface area is 120 Å². The van der Waals surface area contributed by atoms with Gasteiger partial charge in [-0.1, -0.05) is 12.1 Å². The molecule has 0 aliphatic carbocycles. The number of nitrogens with zero attached hydrogens (tertiary/aromatic N) is 2. The number of nitrogens with one attached hydrogen (secondary N) is 1. The van der Waals surface area contributed by atoms with Crippen LogP contribution in [0.5, 0.6) is 11.5 Å². The van der Waals surface area contributed by atoms with E-state index in [1.807, 2.05) is 18.2 Å². The molecule has 0 unspecified atom stereocenters. The zero-order valence-electron chi connectivity index (χ0n) is 11.3. The first kappa shape index (κ1) is 13.2. The highest BCUT2D eigenvalue weighted by Crippen LogP contribution is 2.35. The second-order valence-corrected chi connectivity index (χ2v) is 4.26. The van der Waals surface area contributed by atoms with E-state index < -0.39 is 5.97 Å². The molecule has 0 radical (unpaired) electrons. The van der Waals surface area contributed by atoms with Gasteiger partial charge in [0.2, 0.25) is 12.6 Å². The number of methoxy groups -OCH3 is 1. The molecule has 21 heavy (non-hydrogen) atoms. The third kappa shape index (κ3) is 2.71. The fraction of sp³-hybridized carbons (Fsp3) is 0.214. The van der Waals surface area contributed by atoms with E-state index in [9.17, 15) is 4.79 Å². The van der Waals surface area contributed by atoms with Gasteiger partial charge in [-0.05, 0) is 12.1 Å². The molecule has 0 amide bonds. The number of aromatic nitrogens is 2. The predicted octanol–water partition coefficient (Wildman–Crippen LogP) is 1.60. The monoisotopic (exact) mass is 287 g/mol. The average molecular weight is 287 g/mol. The molecular weight excluding hydrogens is 274 g/mol. The molecular formula is C14H13N3O4. The minimum Gasteiger partial charge on any atom is -0.463 e. The largest absolute Gasteiger partial charge is 0.463 e. The van der Waals surface area contributed by atoms with E-state index in [0.29, 0.717) is 12.4 Å². The van der Waals surface area contributed by atoms with Gasteiger partial charge in [0.15, 0.2) is 11.5 Å². The van der Waals surface area contributed by atoms with Crippen LogP contribution >= 0.6 is 0 Å². The first-order valence-electron chi connectivity index (χ1n) is 6.30. The van der Waals surface area contributed by atoms with Gasteiger partial charge in [0.05, 0.1) is 7.11 Å². The van der Waals surface area contributed by atoms with Crippen molar-refractivity contribution in [1.82, 2.24) is 9.97 Å². The van der Waals surface area contributed by atoms with E-state index in [-0.39, 0.29) is 12.6 Å². The number of anilines is 1. The van der Waals surface area contributed by atoms with Gasteiger partial charge >= 0.3 is 5.97 Å². The van der Waals surface area contributed by atoms with Crippen molar-refractivity contribution in [3.63, 3.8) is 0 Å². The molecule has 0 saturated heterocycles. The number of fused-ring (bicyclic) bond motifs is 1. The first-order chi connectivity index (χ1) is 10.3. The fourth-order valence-electron chi connectivity index (χ4n) is 1.96. The Bertz CT molecular complexity index is 675. The Hall–Kier alpha value is -2.83. The maximum Gasteiger partial charge on any atom is 0.376 e. The van der Waals surface area contributed by atoms with Gasteiger partial charge in [-0.3, -0.25) is 0 Å². The van der Waals surface area contributed by atoms with Crippen molar-refractivity contribution in [3.8, 4) is 11.5 Å². The summed E-state index contributed by atoms with van der Waals surface area (Å²) in [6.07, 6.45) is 1.50. The van der Waals surface area contributed by atoms with E-state index in [4.69, 9.17) is 9.47 Å². The highest BCUT2D eigenvalue weighted by atomic mass is 16.7. The number of carbonyl (C=O) groups is 1. The average Bonchev–Trinajstić information content (AvgIpc) is 3.01. The van der Waals surface area contributed by atoms with Gasteiger partial charge < -0.3 is 19.5 Å². The first-order valence-corrected chi connectivity index (χ1v) is 6.30. The van der Waals surface area contributed by atoms with Crippen LogP contribution in [0.4, 0.5) is 5.82 Å². The lowest BCUT2D eigenvalue weighted by Crippen LogP contribution is -2.10. The van der Waals surface area contributed by atoms with E-state index in [1.54, 1.807) is 6.07 Å². The lowest BCUT2D eigenvalue weighted by molar-refractivity contribution is 0.0587. The SMILES string of the molecule is COC(=O)c1nccc(NCc2cccc3c2OCO3)n1. The topological polar surface area (TPSA) is 82.6 Å². The van der Waals surface area contributed by atoms with Crippen LogP contribution in [-0.4, -0.2) is 29.8 Å². The summed E-state index contributed by atoms with van der Waals surface area (Å²) in [7, 11) is 1.29. The maximum atomic E-state index is 11.4. The molecule has 1 aromatic heterocycles. The van der Waals surface area contributed by atoms with E-state index in [2.05, 4.69) is 20.0 Å². The molecule has 1 aliphatic rings. The Morgan fingerprint density at radius 1 is 1.38 bits per heavy atom. The van der Waals surface area contributed by atoms with Crippen molar-refractivity contribution >= 4 is 11.8 Å². The molecule has 108 valence electrons. The van der Waals surface area contributed by atoms with Gasteiger partial charge in [-0.25, -0.2) is 14.8 Å². The fourth-order valence-corrected chi connectivity index (χ4v) is 1.96. The normalized spacial score (nSPS) is 12.0. The number of para-hydroxylation sites is 1. The minimum atomic E-state index is -0.573. The van der Waals surface area contributed by atoms with Crippen molar-refractivity contribution < 1.29 is 19.0 Å². The van der Waals surface area contributed by atoms with Crippen LogP contribution in [0.25, 0.3) is 0 Å². The quantitative estimate of drug-likeness (QED) is 0.855. The van der Waals surface area contributed by atoms with Crippen LogP contribution in [0, 0.1) is 0 Å². The van der Waals surface area contributed by atoms with Crippen LogP contribution in [0.2, 0.25) is 0 Å². The van der Waals surface area contributed by atoms with Crippen molar-refractivity contribution in [2.45, 2.75) is 6.54 Å². The van der Waals surface area contributed by atoms with Crippen LogP contribution in [-0.2, 0) is 11.3 Å². The summed E-state index contributed by atoms with van der Waals surface area (Å²) < 4.78 is 15.3. The number of rotatable bonds is 4. The Morgan fingerprint density at radius 2 is 2.29 bits per heavy atom. The van der Waals surface area contributed by atoms with E-state index >= 15 is 0 Å². The Morgan fingerprint density at radius 3 is 3.14 bits per heavy atom. The Kier molecular flexibility index (Phi) is 3.55. The van der Waals surface area contributed by atoms with Gasteiger partial charge in [0, 0.05) is 18.3 Å².